The molecule has 140 valence electrons. The summed E-state index contributed by atoms with van der Waals surface area (Å²) in [5.41, 5.74) is -0.728. The first-order valence-electron chi connectivity index (χ1n) is 9.16. The van der Waals surface area contributed by atoms with Gasteiger partial charge in [-0.3, -0.25) is 14.5 Å². The molecule has 3 rings (SSSR count). The Morgan fingerprint density at radius 1 is 1.12 bits per heavy atom. The van der Waals surface area contributed by atoms with Crippen LogP contribution < -0.4 is 5.32 Å². The number of hydrogen-bond acceptors (Lipinski definition) is 3. The predicted molar refractivity (Wildman–Crippen MR) is 93.7 cm³/mol. The van der Waals surface area contributed by atoms with Crippen molar-refractivity contribution in [2.24, 2.45) is 0 Å². The predicted octanol–water partition coefficient (Wildman–Crippen LogP) is 2.39. The van der Waals surface area contributed by atoms with Crippen molar-refractivity contribution in [3.63, 3.8) is 0 Å². The fourth-order valence-electron chi connectivity index (χ4n) is 3.70. The summed E-state index contributed by atoms with van der Waals surface area (Å²) in [4.78, 5) is 40.8. The Balaban J connectivity index is 1.79. The minimum Gasteiger partial charge on any atom is -0.341 e. The zero-order valence-corrected chi connectivity index (χ0v) is 15.0. The lowest BCUT2D eigenvalue weighted by Crippen LogP contribution is -2.45. The van der Waals surface area contributed by atoms with Crippen LogP contribution in [0.15, 0.2) is 24.3 Å². The molecule has 1 aromatic rings. The summed E-state index contributed by atoms with van der Waals surface area (Å²) in [5.74, 6) is -1.08. The summed E-state index contributed by atoms with van der Waals surface area (Å²) in [7, 11) is 0. The molecule has 2 aliphatic heterocycles. The molecule has 0 saturated carbocycles. The summed E-state index contributed by atoms with van der Waals surface area (Å²) >= 11 is 0. The lowest BCUT2D eigenvalue weighted by atomic mass is 9.87. The third-order valence-electron chi connectivity index (χ3n) is 5.30. The number of benzene rings is 1. The van der Waals surface area contributed by atoms with E-state index < -0.39 is 23.3 Å². The van der Waals surface area contributed by atoms with E-state index in [2.05, 4.69) is 5.32 Å². The molecule has 26 heavy (non-hydrogen) atoms. The standard InChI is InChI=1S/C19H24FN3O3/c1-2-19(14-7-9-15(20)10-8-14)17(25)23(18(26)21-19)13-16(24)22-11-5-3-4-6-12-22/h7-10H,2-6,11-13H2,1H3,(H,21,26). The number of likely N-dealkylation sites (tertiary alicyclic amines) is 1. The Bertz CT molecular complexity index is 698. The fraction of sp³-hybridized carbons (Fsp3) is 0.526. The van der Waals surface area contributed by atoms with Gasteiger partial charge in [-0.1, -0.05) is 31.9 Å². The van der Waals surface area contributed by atoms with Gasteiger partial charge in [-0.05, 0) is 37.0 Å². The highest BCUT2D eigenvalue weighted by Crippen LogP contribution is 2.32. The minimum atomic E-state index is -1.25. The van der Waals surface area contributed by atoms with E-state index in [4.69, 9.17) is 0 Å². The number of carbonyl (C=O) groups excluding carboxylic acids is 3. The number of nitrogens with zero attached hydrogens (tertiary/aromatic N) is 2. The van der Waals surface area contributed by atoms with Crippen molar-refractivity contribution in [1.82, 2.24) is 15.1 Å². The van der Waals surface area contributed by atoms with Gasteiger partial charge in [0.2, 0.25) is 5.91 Å². The maximum Gasteiger partial charge on any atom is 0.325 e. The van der Waals surface area contributed by atoms with Crippen LogP contribution in [0.3, 0.4) is 0 Å². The Hall–Kier alpha value is -2.44. The molecule has 0 spiro atoms. The van der Waals surface area contributed by atoms with Gasteiger partial charge in [-0.15, -0.1) is 0 Å². The third kappa shape index (κ3) is 3.30. The summed E-state index contributed by atoms with van der Waals surface area (Å²) in [5, 5.41) is 2.72. The van der Waals surface area contributed by atoms with Crippen LogP contribution >= 0.6 is 0 Å². The second-order valence-electron chi connectivity index (χ2n) is 6.88. The third-order valence-corrected chi connectivity index (χ3v) is 5.30. The van der Waals surface area contributed by atoms with E-state index in [1.807, 2.05) is 0 Å². The highest BCUT2D eigenvalue weighted by Gasteiger charge is 2.51. The van der Waals surface area contributed by atoms with Crippen molar-refractivity contribution >= 4 is 17.8 Å². The SMILES string of the molecule is CCC1(c2ccc(F)cc2)NC(=O)N(CC(=O)N2CCCCCC2)C1=O. The van der Waals surface area contributed by atoms with Crippen molar-refractivity contribution in [3.05, 3.63) is 35.6 Å². The molecule has 0 radical (unpaired) electrons. The van der Waals surface area contributed by atoms with Crippen LogP contribution in [0.4, 0.5) is 9.18 Å². The quantitative estimate of drug-likeness (QED) is 0.837. The van der Waals surface area contributed by atoms with Crippen LogP contribution in [0.25, 0.3) is 0 Å². The lowest BCUT2D eigenvalue weighted by Gasteiger charge is -2.26. The van der Waals surface area contributed by atoms with Crippen LogP contribution in [0.2, 0.25) is 0 Å². The van der Waals surface area contributed by atoms with Crippen LogP contribution in [0.5, 0.6) is 0 Å². The van der Waals surface area contributed by atoms with E-state index in [9.17, 15) is 18.8 Å². The molecule has 2 saturated heterocycles. The highest BCUT2D eigenvalue weighted by atomic mass is 19.1. The second-order valence-corrected chi connectivity index (χ2v) is 6.88. The number of carbonyl (C=O) groups is 3. The Morgan fingerprint density at radius 3 is 2.31 bits per heavy atom. The number of urea groups is 1. The topological polar surface area (TPSA) is 69.7 Å². The number of hydrogen-bond donors (Lipinski definition) is 1. The van der Waals surface area contributed by atoms with Crippen molar-refractivity contribution in [2.75, 3.05) is 19.6 Å². The molecule has 1 aromatic carbocycles. The van der Waals surface area contributed by atoms with E-state index >= 15 is 0 Å². The Kier molecular flexibility index (Phi) is 5.25. The molecule has 6 nitrogen and oxygen atoms in total. The van der Waals surface area contributed by atoms with Crippen LogP contribution in [-0.4, -0.2) is 47.3 Å². The van der Waals surface area contributed by atoms with Crippen molar-refractivity contribution in [3.8, 4) is 0 Å². The second kappa shape index (κ2) is 7.43. The van der Waals surface area contributed by atoms with Crippen molar-refractivity contribution < 1.29 is 18.8 Å². The zero-order valence-electron chi connectivity index (χ0n) is 15.0. The van der Waals surface area contributed by atoms with Gasteiger partial charge in [0.05, 0.1) is 0 Å². The highest BCUT2D eigenvalue weighted by molar-refractivity contribution is 6.09. The van der Waals surface area contributed by atoms with Gasteiger partial charge in [0.25, 0.3) is 5.91 Å². The van der Waals surface area contributed by atoms with E-state index in [0.717, 1.165) is 30.6 Å². The number of rotatable bonds is 4. The molecular formula is C19H24FN3O3. The zero-order chi connectivity index (χ0) is 18.7. The number of amides is 4. The van der Waals surface area contributed by atoms with Crippen LogP contribution in [0.1, 0.15) is 44.6 Å². The van der Waals surface area contributed by atoms with Gasteiger partial charge < -0.3 is 10.2 Å². The molecule has 4 amide bonds. The molecule has 1 unspecified atom stereocenters. The van der Waals surface area contributed by atoms with Crippen LogP contribution in [0, 0.1) is 5.82 Å². The van der Waals surface area contributed by atoms with Gasteiger partial charge in [-0.2, -0.15) is 0 Å². The molecule has 2 heterocycles. The average Bonchev–Trinajstić information content (AvgIpc) is 2.83. The molecule has 1 N–H and O–H groups in total. The summed E-state index contributed by atoms with van der Waals surface area (Å²) < 4.78 is 13.2. The number of nitrogens with one attached hydrogen (secondary N) is 1. The van der Waals surface area contributed by atoms with E-state index in [1.54, 1.807) is 11.8 Å². The molecule has 0 aromatic heterocycles. The van der Waals surface area contributed by atoms with Crippen molar-refractivity contribution in [1.29, 1.82) is 0 Å². The summed E-state index contributed by atoms with van der Waals surface area (Å²) in [6, 6.07) is 4.94. The molecule has 0 aliphatic carbocycles. The normalized spacial score (nSPS) is 23.8. The van der Waals surface area contributed by atoms with Crippen LogP contribution in [-0.2, 0) is 15.1 Å². The Morgan fingerprint density at radius 2 is 1.73 bits per heavy atom. The first-order chi connectivity index (χ1) is 12.5. The maximum atomic E-state index is 13.2. The fourth-order valence-corrected chi connectivity index (χ4v) is 3.70. The average molecular weight is 361 g/mol. The van der Waals surface area contributed by atoms with E-state index in [0.29, 0.717) is 25.1 Å². The maximum absolute atomic E-state index is 13.2. The van der Waals surface area contributed by atoms with E-state index in [1.165, 1.54) is 24.3 Å². The minimum absolute atomic E-state index is 0.207. The molecule has 1 atom stereocenters. The first-order valence-corrected chi connectivity index (χ1v) is 9.16. The molecule has 2 aliphatic rings. The largest absolute Gasteiger partial charge is 0.341 e. The lowest BCUT2D eigenvalue weighted by molar-refractivity contribution is -0.139. The number of imide groups is 1. The van der Waals surface area contributed by atoms with Crippen molar-refractivity contribution in [2.45, 2.75) is 44.6 Å². The molecule has 2 fully saturated rings. The van der Waals surface area contributed by atoms with Gasteiger partial charge in [-0.25, -0.2) is 9.18 Å². The molecule has 7 heteroatoms. The molecular weight excluding hydrogens is 337 g/mol. The summed E-state index contributed by atoms with van der Waals surface area (Å²) in [6.07, 6.45) is 4.39. The van der Waals surface area contributed by atoms with E-state index in [-0.39, 0.29) is 12.5 Å². The van der Waals surface area contributed by atoms with Gasteiger partial charge in [0.1, 0.15) is 17.9 Å². The Labute approximate surface area is 152 Å². The first kappa shape index (κ1) is 18.4. The monoisotopic (exact) mass is 361 g/mol. The van der Waals surface area contributed by atoms with Gasteiger partial charge >= 0.3 is 6.03 Å². The van der Waals surface area contributed by atoms with Gasteiger partial charge in [0.15, 0.2) is 0 Å². The number of halogens is 1. The summed E-state index contributed by atoms with van der Waals surface area (Å²) in [6.45, 7) is 2.86. The van der Waals surface area contributed by atoms with Gasteiger partial charge in [0, 0.05) is 13.1 Å². The smallest absolute Gasteiger partial charge is 0.325 e. The molecule has 0 bridgehead atoms.